The van der Waals surface area contributed by atoms with Gasteiger partial charge in [0.1, 0.15) is 11.6 Å². The molecule has 7 nitrogen and oxygen atoms in total. The molecule has 1 aliphatic rings. The summed E-state index contributed by atoms with van der Waals surface area (Å²) in [6.45, 7) is 0.889. The number of anilines is 1. The molecule has 3 aromatic heterocycles. The number of benzene rings is 1. The van der Waals surface area contributed by atoms with Gasteiger partial charge in [0.05, 0.1) is 16.9 Å². The molecule has 0 aliphatic carbocycles. The summed E-state index contributed by atoms with van der Waals surface area (Å²) in [6, 6.07) is 11.5. The Hall–Kier alpha value is -3.22. The van der Waals surface area contributed by atoms with Gasteiger partial charge in [0.2, 0.25) is 0 Å². The third-order valence-corrected chi connectivity index (χ3v) is 5.10. The van der Waals surface area contributed by atoms with E-state index in [1.165, 1.54) is 0 Å². The maximum atomic E-state index is 12.8. The molecule has 0 spiro atoms. The second-order valence-corrected chi connectivity index (χ2v) is 6.62. The Kier molecular flexibility index (Phi) is 3.28. The first-order chi connectivity index (χ1) is 12.7. The molecular formula is C19H18N6O. The number of nitrogens with zero attached hydrogens (tertiary/aromatic N) is 6. The van der Waals surface area contributed by atoms with Gasteiger partial charge < -0.3 is 4.90 Å². The Morgan fingerprint density at radius 1 is 1.15 bits per heavy atom. The Balaban J connectivity index is 1.63. The molecule has 26 heavy (non-hydrogen) atoms. The van der Waals surface area contributed by atoms with Crippen LogP contribution in [0.4, 0.5) is 5.82 Å². The summed E-state index contributed by atoms with van der Waals surface area (Å²) in [7, 11) is 1.81. The number of hydrogen-bond donors (Lipinski definition) is 0. The van der Waals surface area contributed by atoms with Crippen LogP contribution < -0.4 is 10.5 Å². The molecule has 0 saturated carbocycles. The topological polar surface area (TPSA) is 68.3 Å². The predicted molar refractivity (Wildman–Crippen MR) is 99.3 cm³/mol. The molecule has 130 valence electrons. The van der Waals surface area contributed by atoms with Crippen LogP contribution in [-0.2, 0) is 7.05 Å². The van der Waals surface area contributed by atoms with Crippen LogP contribution in [0.5, 0.6) is 0 Å². The number of hydrogen-bond acceptors (Lipinski definition) is 5. The molecule has 5 rings (SSSR count). The van der Waals surface area contributed by atoms with Crippen molar-refractivity contribution in [3.8, 4) is 0 Å². The van der Waals surface area contributed by atoms with Crippen LogP contribution in [0.2, 0.25) is 0 Å². The van der Waals surface area contributed by atoms with Crippen molar-refractivity contribution in [3.63, 3.8) is 0 Å². The third-order valence-electron chi connectivity index (χ3n) is 5.10. The van der Waals surface area contributed by atoms with E-state index in [1.54, 1.807) is 22.3 Å². The van der Waals surface area contributed by atoms with Gasteiger partial charge in [-0.25, -0.2) is 14.5 Å². The van der Waals surface area contributed by atoms with E-state index in [0.29, 0.717) is 5.39 Å². The quantitative estimate of drug-likeness (QED) is 0.557. The number of rotatable bonds is 2. The highest BCUT2D eigenvalue weighted by Gasteiger charge is 2.31. The Morgan fingerprint density at radius 3 is 2.96 bits per heavy atom. The monoisotopic (exact) mass is 346 g/mol. The molecule has 1 aliphatic heterocycles. The summed E-state index contributed by atoms with van der Waals surface area (Å²) in [4.78, 5) is 24.1. The van der Waals surface area contributed by atoms with Crippen molar-refractivity contribution in [1.82, 2.24) is 24.1 Å². The van der Waals surface area contributed by atoms with Crippen molar-refractivity contribution in [2.75, 3.05) is 11.4 Å². The van der Waals surface area contributed by atoms with E-state index in [9.17, 15) is 4.79 Å². The van der Waals surface area contributed by atoms with Crippen LogP contribution in [0.1, 0.15) is 24.7 Å². The van der Waals surface area contributed by atoms with Crippen LogP contribution in [-0.4, -0.2) is 30.7 Å². The summed E-state index contributed by atoms with van der Waals surface area (Å²) >= 11 is 0. The maximum absolute atomic E-state index is 12.8. The van der Waals surface area contributed by atoms with Crippen LogP contribution in [0, 0.1) is 0 Å². The first-order valence-corrected chi connectivity index (χ1v) is 8.75. The fourth-order valence-electron chi connectivity index (χ4n) is 3.80. The SMILES string of the molecule is Cn1c(C2CCCN2c2ccc3nccn3n2)nc2ccccc2c1=O. The van der Waals surface area contributed by atoms with Gasteiger partial charge >= 0.3 is 0 Å². The lowest BCUT2D eigenvalue weighted by Crippen LogP contribution is -2.31. The van der Waals surface area contributed by atoms with E-state index in [-0.39, 0.29) is 11.6 Å². The number of fused-ring (bicyclic) bond motifs is 2. The highest BCUT2D eigenvalue weighted by atomic mass is 16.1. The fourth-order valence-corrected chi connectivity index (χ4v) is 3.80. The lowest BCUT2D eigenvalue weighted by Gasteiger charge is -2.26. The molecule has 0 bridgehead atoms. The first-order valence-electron chi connectivity index (χ1n) is 8.75. The molecule has 1 saturated heterocycles. The van der Waals surface area contributed by atoms with E-state index in [2.05, 4.69) is 15.0 Å². The Morgan fingerprint density at radius 2 is 2.04 bits per heavy atom. The highest BCUT2D eigenvalue weighted by molar-refractivity contribution is 5.77. The van der Waals surface area contributed by atoms with Crippen LogP contribution in [0.25, 0.3) is 16.6 Å². The zero-order chi connectivity index (χ0) is 17.7. The summed E-state index contributed by atoms with van der Waals surface area (Å²) in [5, 5.41) is 5.33. The molecule has 4 aromatic rings. The maximum Gasteiger partial charge on any atom is 0.261 e. The molecule has 1 atom stereocenters. The van der Waals surface area contributed by atoms with Crippen molar-refractivity contribution in [2.24, 2.45) is 7.05 Å². The highest BCUT2D eigenvalue weighted by Crippen LogP contribution is 2.34. The van der Waals surface area contributed by atoms with Gasteiger partial charge in [0.15, 0.2) is 5.65 Å². The Bertz CT molecular complexity index is 1180. The predicted octanol–water partition coefficient (Wildman–Crippen LogP) is 2.32. The number of imidazole rings is 1. The van der Waals surface area contributed by atoms with E-state index in [0.717, 1.165) is 42.2 Å². The van der Waals surface area contributed by atoms with Gasteiger partial charge in [-0.1, -0.05) is 12.1 Å². The minimum atomic E-state index is -0.00419. The number of para-hydroxylation sites is 1. The van der Waals surface area contributed by atoms with Gasteiger partial charge in [0, 0.05) is 26.0 Å². The van der Waals surface area contributed by atoms with Crippen molar-refractivity contribution >= 4 is 22.4 Å². The average molecular weight is 346 g/mol. The van der Waals surface area contributed by atoms with E-state index < -0.39 is 0 Å². The van der Waals surface area contributed by atoms with Gasteiger partial charge in [-0.3, -0.25) is 9.36 Å². The van der Waals surface area contributed by atoms with Crippen molar-refractivity contribution < 1.29 is 0 Å². The van der Waals surface area contributed by atoms with E-state index in [1.807, 2.05) is 42.6 Å². The van der Waals surface area contributed by atoms with Crippen LogP contribution in [0.15, 0.2) is 53.6 Å². The molecule has 0 N–H and O–H groups in total. The van der Waals surface area contributed by atoms with Crippen molar-refractivity contribution in [2.45, 2.75) is 18.9 Å². The average Bonchev–Trinajstić information content (AvgIpc) is 3.33. The first kappa shape index (κ1) is 15.1. The zero-order valence-corrected chi connectivity index (χ0v) is 14.4. The van der Waals surface area contributed by atoms with Gasteiger partial charge in [-0.2, -0.15) is 0 Å². The second-order valence-electron chi connectivity index (χ2n) is 6.62. The Labute approximate surface area is 149 Å². The molecular weight excluding hydrogens is 328 g/mol. The fraction of sp³-hybridized carbons (Fsp3) is 0.263. The summed E-state index contributed by atoms with van der Waals surface area (Å²) in [5.74, 6) is 1.67. The summed E-state index contributed by atoms with van der Waals surface area (Å²) < 4.78 is 3.46. The lowest BCUT2D eigenvalue weighted by molar-refractivity contribution is 0.604. The van der Waals surface area contributed by atoms with Crippen LogP contribution in [0.3, 0.4) is 0 Å². The number of aromatic nitrogens is 5. The summed E-state index contributed by atoms with van der Waals surface area (Å²) in [6.07, 6.45) is 5.56. The molecule has 4 heterocycles. The zero-order valence-electron chi connectivity index (χ0n) is 14.4. The summed E-state index contributed by atoms with van der Waals surface area (Å²) in [5.41, 5.74) is 1.56. The molecule has 0 radical (unpaired) electrons. The molecule has 1 aromatic carbocycles. The third kappa shape index (κ3) is 2.20. The molecule has 0 amide bonds. The molecule has 1 fully saturated rings. The lowest BCUT2D eigenvalue weighted by atomic mass is 10.1. The van der Waals surface area contributed by atoms with E-state index >= 15 is 0 Å². The smallest absolute Gasteiger partial charge is 0.261 e. The van der Waals surface area contributed by atoms with E-state index in [4.69, 9.17) is 4.98 Å². The van der Waals surface area contributed by atoms with Crippen molar-refractivity contribution in [1.29, 1.82) is 0 Å². The largest absolute Gasteiger partial charge is 0.345 e. The van der Waals surface area contributed by atoms with Gasteiger partial charge in [-0.15, -0.1) is 5.10 Å². The normalized spacial score (nSPS) is 17.4. The van der Waals surface area contributed by atoms with Crippen LogP contribution >= 0.6 is 0 Å². The molecule has 1 unspecified atom stereocenters. The second kappa shape index (κ2) is 5.66. The standard InChI is InChI=1S/C19H18N6O/c1-23-18(21-14-6-3-2-5-13(14)19(23)26)15-7-4-11-24(15)17-9-8-16-20-10-12-25(16)22-17/h2-3,5-6,8-10,12,15H,4,7,11H2,1H3. The molecule has 7 heteroatoms. The minimum absolute atomic E-state index is 0.00419. The van der Waals surface area contributed by atoms with Gasteiger partial charge in [0.25, 0.3) is 5.56 Å². The van der Waals surface area contributed by atoms with Crippen molar-refractivity contribution in [3.05, 3.63) is 65.0 Å². The van der Waals surface area contributed by atoms with Gasteiger partial charge in [-0.05, 0) is 37.1 Å². The minimum Gasteiger partial charge on any atom is -0.345 e.